The number of ketones is 1. The molecule has 0 aliphatic rings. The SMILES string of the molecule is CC(=O)c1cccc(NC(=O)C(Cc2ccccc2)NC(=O)C(c2ccccc2)c2ccccc2)c1. The number of nitrogens with one attached hydrogen (secondary N) is 2. The maximum absolute atomic E-state index is 13.7. The summed E-state index contributed by atoms with van der Waals surface area (Å²) in [5, 5.41) is 5.88. The second-order valence-corrected chi connectivity index (χ2v) is 8.63. The van der Waals surface area contributed by atoms with Crippen LogP contribution in [0.15, 0.2) is 115 Å². The third-order valence-corrected chi connectivity index (χ3v) is 5.98. The van der Waals surface area contributed by atoms with Gasteiger partial charge in [-0.3, -0.25) is 14.4 Å². The van der Waals surface area contributed by atoms with E-state index in [1.54, 1.807) is 24.3 Å². The lowest BCUT2D eigenvalue weighted by molar-refractivity contribution is -0.126. The highest BCUT2D eigenvalue weighted by Crippen LogP contribution is 2.25. The van der Waals surface area contributed by atoms with Crippen LogP contribution >= 0.6 is 0 Å². The van der Waals surface area contributed by atoms with Gasteiger partial charge in [0.05, 0.1) is 5.92 Å². The molecule has 1 atom stereocenters. The predicted molar refractivity (Wildman–Crippen MR) is 142 cm³/mol. The molecule has 0 radical (unpaired) electrons. The van der Waals surface area contributed by atoms with Crippen molar-refractivity contribution in [1.82, 2.24) is 5.32 Å². The lowest BCUT2D eigenvalue weighted by Gasteiger charge is -2.23. The fourth-order valence-corrected chi connectivity index (χ4v) is 4.15. The highest BCUT2D eigenvalue weighted by atomic mass is 16.2. The van der Waals surface area contributed by atoms with E-state index in [9.17, 15) is 14.4 Å². The number of carbonyl (C=O) groups is 3. The zero-order valence-corrected chi connectivity index (χ0v) is 20.1. The smallest absolute Gasteiger partial charge is 0.247 e. The molecule has 180 valence electrons. The van der Waals surface area contributed by atoms with Gasteiger partial charge in [0, 0.05) is 17.7 Å². The minimum atomic E-state index is -0.823. The Morgan fingerprint density at radius 2 is 1.22 bits per heavy atom. The first-order valence-electron chi connectivity index (χ1n) is 11.9. The molecule has 0 spiro atoms. The van der Waals surface area contributed by atoms with Crippen molar-refractivity contribution in [3.63, 3.8) is 0 Å². The summed E-state index contributed by atoms with van der Waals surface area (Å²) < 4.78 is 0. The zero-order valence-electron chi connectivity index (χ0n) is 20.1. The summed E-state index contributed by atoms with van der Waals surface area (Å²) in [4.78, 5) is 38.9. The molecule has 4 aromatic rings. The Morgan fingerprint density at radius 3 is 1.78 bits per heavy atom. The Kier molecular flexibility index (Phi) is 8.04. The Labute approximate surface area is 211 Å². The molecule has 5 heteroatoms. The van der Waals surface area contributed by atoms with Crippen molar-refractivity contribution in [2.45, 2.75) is 25.3 Å². The molecule has 4 aromatic carbocycles. The van der Waals surface area contributed by atoms with Crippen molar-refractivity contribution in [3.05, 3.63) is 138 Å². The average Bonchev–Trinajstić information content (AvgIpc) is 2.90. The molecule has 1 unspecified atom stereocenters. The Bertz CT molecular complexity index is 1280. The van der Waals surface area contributed by atoms with Gasteiger partial charge in [-0.25, -0.2) is 0 Å². The number of rotatable bonds is 9. The summed E-state index contributed by atoms with van der Waals surface area (Å²) >= 11 is 0. The van der Waals surface area contributed by atoms with Crippen molar-refractivity contribution in [2.24, 2.45) is 0 Å². The van der Waals surface area contributed by atoms with E-state index in [2.05, 4.69) is 10.6 Å². The summed E-state index contributed by atoms with van der Waals surface area (Å²) in [6.07, 6.45) is 0.321. The number of carbonyl (C=O) groups excluding carboxylic acids is 3. The lowest BCUT2D eigenvalue weighted by Crippen LogP contribution is -2.47. The van der Waals surface area contributed by atoms with Gasteiger partial charge in [0.2, 0.25) is 11.8 Å². The van der Waals surface area contributed by atoms with E-state index in [1.807, 2.05) is 91.0 Å². The van der Waals surface area contributed by atoms with Crippen LogP contribution in [0.1, 0.15) is 39.9 Å². The number of hydrogen-bond acceptors (Lipinski definition) is 3. The largest absolute Gasteiger partial charge is 0.343 e. The van der Waals surface area contributed by atoms with E-state index < -0.39 is 12.0 Å². The Balaban J connectivity index is 1.62. The maximum atomic E-state index is 13.7. The minimum Gasteiger partial charge on any atom is -0.343 e. The second-order valence-electron chi connectivity index (χ2n) is 8.63. The summed E-state index contributed by atoms with van der Waals surface area (Å²) in [5.74, 6) is -1.28. The molecule has 36 heavy (non-hydrogen) atoms. The molecule has 0 aliphatic heterocycles. The second kappa shape index (κ2) is 11.8. The summed E-state index contributed by atoms with van der Waals surface area (Å²) in [6.45, 7) is 1.48. The van der Waals surface area contributed by atoms with Crippen molar-refractivity contribution >= 4 is 23.3 Å². The number of amides is 2. The molecule has 2 N–H and O–H groups in total. The van der Waals surface area contributed by atoms with Gasteiger partial charge in [0.15, 0.2) is 5.78 Å². The molecule has 5 nitrogen and oxygen atoms in total. The van der Waals surface area contributed by atoms with E-state index in [0.717, 1.165) is 16.7 Å². The molecule has 0 bridgehead atoms. The van der Waals surface area contributed by atoms with Crippen LogP contribution in [-0.4, -0.2) is 23.6 Å². The third kappa shape index (κ3) is 6.33. The molecule has 0 aliphatic carbocycles. The van der Waals surface area contributed by atoms with Crippen LogP contribution in [-0.2, 0) is 16.0 Å². The zero-order chi connectivity index (χ0) is 25.3. The number of Topliss-reactive ketones (excluding diaryl/α,β-unsaturated/α-hetero) is 1. The molecular weight excluding hydrogens is 448 g/mol. The van der Waals surface area contributed by atoms with Crippen LogP contribution in [0.2, 0.25) is 0 Å². The summed E-state index contributed by atoms with van der Waals surface area (Å²) in [7, 11) is 0. The van der Waals surface area contributed by atoms with Gasteiger partial charge in [-0.2, -0.15) is 0 Å². The summed E-state index contributed by atoms with van der Waals surface area (Å²) in [6, 6.07) is 34.6. The molecule has 4 rings (SSSR count). The normalized spacial score (nSPS) is 11.5. The van der Waals surface area contributed by atoms with Crippen LogP contribution in [0.3, 0.4) is 0 Å². The van der Waals surface area contributed by atoms with Gasteiger partial charge in [0.25, 0.3) is 0 Å². The molecular formula is C31H28N2O3. The first-order valence-corrected chi connectivity index (χ1v) is 11.9. The van der Waals surface area contributed by atoms with Crippen LogP contribution in [0.25, 0.3) is 0 Å². The number of hydrogen-bond donors (Lipinski definition) is 2. The van der Waals surface area contributed by atoms with Crippen LogP contribution in [0, 0.1) is 0 Å². The first-order chi connectivity index (χ1) is 17.5. The van der Waals surface area contributed by atoms with Gasteiger partial charge in [-0.15, -0.1) is 0 Å². The van der Waals surface area contributed by atoms with Gasteiger partial charge in [0.1, 0.15) is 6.04 Å². The molecule has 0 aromatic heterocycles. The molecule has 0 fully saturated rings. The number of benzene rings is 4. The average molecular weight is 477 g/mol. The monoisotopic (exact) mass is 476 g/mol. The first kappa shape index (κ1) is 24.6. The van der Waals surface area contributed by atoms with Gasteiger partial charge >= 0.3 is 0 Å². The van der Waals surface area contributed by atoms with Crippen molar-refractivity contribution < 1.29 is 14.4 Å². The topological polar surface area (TPSA) is 75.3 Å². The highest BCUT2D eigenvalue weighted by molar-refractivity contribution is 6.00. The molecule has 0 saturated heterocycles. The van der Waals surface area contributed by atoms with E-state index in [1.165, 1.54) is 6.92 Å². The van der Waals surface area contributed by atoms with Crippen molar-refractivity contribution in [3.8, 4) is 0 Å². The van der Waals surface area contributed by atoms with E-state index >= 15 is 0 Å². The standard InChI is InChI=1S/C31H28N2O3/c1-22(34)26-18-11-19-27(21-26)32-30(35)28(20-23-12-5-2-6-13-23)33-31(36)29(24-14-7-3-8-15-24)25-16-9-4-10-17-25/h2-19,21,28-29H,20H2,1H3,(H,32,35)(H,33,36). The molecule has 2 amide bonds. The quantitative estimate of drug-likeness (QED) is 0.318. The molecule has 0 saturated carbocycles. The fraction of sp³-hybridized carbons (Fsp3) is 0.129. The predicted octanol–water partition coefficient (Wildman–Crippen LogP) is 5.39. The third-order valence-electron chi connectivity index (χ3n) is 5.98. The Morgan fingerprint density at radius 1 is 0.667 bits per heavy atom. The maximum Gasteiger partial charge on any atom is 0.247 e. The van der Waals surface area contributed by atoms with Crippen LogP contribution in [0.5, 0.6) is 0 Å². The van der Waals surface area contributed by atoms with E-state index in [0.29, 0.717) is 17.7 Å². The summed E-state index contributed by atoms with van der Waals surface area (Å²) in [5.41, 5.74) is 3.61. The van der Waals surface area contributed by atoms with Crippen molar-refractivity contribution in [1.29, 1.82) is 0 Å². The van der Waals surface area contributed by atoms with Gasteiger partial charge in [-0.1, -0.05) is 103 Å². The van der Waals surface area contributed by atoms with Crippen molar-refractivity contribution in [2.75, 3.05) is 5.32 Å². The van der Waals surface area contributed by atoms with Gasteiger partial charge in [-0.05, 0) is 35.7 Å². The minimum absolute atomic E-state index is 0.0891. The molecule has 0 heterocycles. The Hall–Kier alpha value is -4.51. The fourth-order valence-electron chi connectivity index (χ4n) is 4.15. The van der Waals surface area contributed by atoms with Crippen LogP contribution < -0.4 is 10.6 Å². The highest BCUT2D eigenvalue weighted by Gasteiger charge is 2.28. The van der Waals surface area contributed by atoms with E-state index in [-0.39, 0.29) is 17.6 Å². The van der Waals surface area contributed by atoms with E-state index in [4.69, 9.17) is 0 Å². The number of anilines is 1. The van der Waals surface area contributed by atoms with Gasteiger partial charge < -0.3 is 10.6 Å². The lowest BCUT2D eigenvalue weighted by atomic mass is 9.90. The van der Waals surface area contributed by atoms with Crippen LogP contribution in [0.4, 0.5) is 5.69 Å².